The van der Waals surface area contributed by atoms with Gasteiger partial charge in [0.05, 0.1) is 18.5 Å². The Morgan fingerprint density at radius 2 is 2.11 bits per heavy atom. The lowest BCUT2D eigenvalue weighted by atomic mass is 9.90. The van der Waals surface area contributed by atoms with Gasteiger partial charge in [-0.3, -0.25) is 9.69 Å². The second-order valence-electron chi connectivity index (χ2n) is 7.28. The van der Waals surface area contributed by atoms with Crippen molar-refractivity contribution in [2.75, 3.05) is 32.8 Å². The molecule has 3 heterocycles. The van der Waals surface area contributed by atoms with Gasteiger partial charge in [0, 0.05) is 44.1 Å². The number of nitrogens with one attached hydrogen (secondary N) is 1. The number of hydrogen-bond acceptors (Lipinski definition) is 5. The number of carbonyl (C=O) groups is 1. The molecule has 1 N–H and O–H groups in total. The Kier molecular flexibility index (Phi) is 5.40. The van der Waals surface area contributed by atoms with Gasteiger partial charge in [0.1, 0.15) is 19.0 Å². The molecule has 0 radical (unpaired) electrons. The Bertz CT molecular complexity index is 742. The second kappa shape index (κ2) is 8.10. The average molecular weight is 370 g/mol. The van der Waals surface area contributed by atoms with Gasteiger partial charge in [-0.2, -0.15) is 0 Å². The molecule has 144 valence electrons. The smallest absolute Gasteiger partial charge is 0.246 e. The third-order valence-electron chi connectivity index (χ3n) is 5.42. The van der Waals surface area contributed by atoms with Gasteiger partial charge in [0.2, 0.25) is 5.91 Å². The minimum absolute atomic E-state index is 0.00942. The zero-order chi connectivity index (χ0) is 18.5. The molecule has 2 aromatic rings. The van der Waals surface area contributed by atoms with Gasteiger partial charge in [-0.1, -0.05) is 18.2 Å². The van der Waals surface area contributed by atoms with Crippen molar-refractivity contribution in [2.45, 2.75) is 31.5 Å². The third kappa shape index (κ3) is 4.48. The first-order chi connectivity index (χ1) is 13.2. The number of nitrogens with zero attached hydrogens (tertiary/aromatic N) is 3. The lowest BCUT2D eigenvalue weighted by Gasteiger charge is -2.43. The Balaban J connectivity index is 1.30. The molecule has 2 fully saturated rings. The van der Waals surface area contributed by atoms with Gasteiger partial charge in [0.25, 0.3) is 0 Å². The average Bonchev–Trinajstić information content (AvgIpc) is 3.21. The third-order valence-corrected chi connectivity index (χ3v) is 5.42. The van der Waals surface area contributed by atoms with E-state index in [0.29, 0.717) is 13.2 Å². The molecule has 27 heavy (non-hydrogen) atoms. The Labute approximate surface area is 159 Å². The molecule has 1 spiro atoms. The van der Waals surface area contributed by atoms with E-state index >= 15 is 0 Å². The fraction of sp³-hybridized carbons (Fsp3) is 0.500. The number of likely N-dealkylation sites (tertiary alicyclic amines) is 1. The fourth-order valence-corrected chi connectivity index (χ4v) is 3.72. The van der Waals surface area contributed by atoms with E-state index in [1.54, 1.807) is 12.5 Å². The van der Waals surface area contributed by atoms with Crippen LogP contribution in [0.2, 0.25) is 0 Å². The number of aromatic nitrogens is 2. The number of imidazole rings is 1. The summed E-state index contributed by atoms with van der Waals surface area (Å²) in [5.74, 6) is 0.934. The summed E-state index contributed by atoms with van der Waals surface area (Å²) < 4.78 is 13.9. The summed E-state index contributed by atoms with van der Waals surface area (Å²) in [6, 6.07) is 8.24. The van der Waals surface area contributed by atoms with Crippen LogP contribution < -0.4 is 10.1 Å². The van der Waals surface area contributed by atoms with Gasteiger partial charge in [0.15, 0.2) is 0 Å². The molecule has 7 heteroatoms. The molecule has 1 amide bonds. The number of piperidine rings is 1. The highest BCUT2D eigenvalue weighted by atomic mass is 16.5. The van der Waals surface area contributed by atoms with Crippen LogP contribution in [0.1, 0.15) is 18.4 Å². The Hall–Kier alpha value is -2.38. The number of hydrogen-bond donors (Lipinski definition) is 1. The van der Waals surface area contributed by atoms with E-state index in [2.05, 4.69) is 27.3 Å². The Morgan fingerprint density at radius 1 is 1.26 bits per heavy atom. The summed E-state index contributed by atoms with van der Waals surface area (Å²) in [5, 5.41) is 2.94. The van der Waals surface area contributed by atoms with Gasteiger partial charge in [-0.15, -0.1) is 0 Å². The maximum Gasteiger partial charge on any atom is 0.246 e. The van der Waals surface area contributed by atoms with Crippen molar-refractivity contribution in [1.29, 1.82) is 0 Å². The minimum Gasteiger partial charge on any atom is -0.491 e. The van der Waals surface area contributed by atoms with E-state index in [1.807, 2.05) is 22.9 Å². The number of ether oxygens (including phenoxy) is 2. The van der Waals surface area contributed by atoms with Gasteiger partial charge >= 0.3 is 0 Å². The van der Waals surface area contributed by atoms with Crippen LogP contribution in [0.15, 0.2) is 43.0 Å². The highest BCUT2D eigenvalue weighted by molar-refractivity contribution is 5.78. The van der Waals surface area contributed by atoms with Crippen molar-refractivity contribution in [3.8, 4) is 5.75 Å². The molecule has 2 aliphatic rings. The first-order valence-corrected chi connectivity index (χ1v) is 9.52. The number of carbonyl (C=O) groups excluding carboxylic acids is 1. The van der Waals surface area contributed by atoms with Crippen LogP contribution >= 0.6 is 0 Å². The summed E-state index contributed by atoms with van der Waals surface area (Å²) in [5.41, 5.74) is 1.03. The van der Waals surface area contributed by atoms with Gasteiger partial charge in [-0.05, 0) is 18.9 Å². The van der Waals surface area contributed by atoms with Crippen LogP contribution in [-0.4, -0.2) is 58.8 Å². The maximum absolute atomic E-state index is 11.3. The summed E-state index contributed by atoms with van der Waals surface area (Å²) >= 11 is 0. The summed E-state index contributed by atoms with van der Waals surface area (Å²) in [6.45, 7) is 5.00. The number of morpholine rings is 1. The number of benzene rings is 1. The van der Waals surface area contributed by atoms with E-state index in [1.165, 1.54) is 5.56 Å². The first kappa shape index (κ1) is 18.0. The summed E-state index contributed by atoms with van der Waals surface area (Å²) in [4.78, 5) is 17.8. The van der Waals surface area contributed by atoms with Crippen molar-refractivity contribution in [1.82, 2.24) is 19.8 Å². The number of rotatable bonds is 6. The second-order valence-corrected chi connectivity index (χ2v) is 7.28. The van der Waals surface area contributed by atoms with Gasteiger partial charge < -0.3 is 19.4 Å². The Morgan fingerprint density at radius 3 is 2.85 bits per heavy atom. The molecule has 0 atom stereocenters. The highest BCUT2D eigenvalue weighted by Crippen LogP contribution is 2.29. The molecule has 0 bridgehead atoms. The largest absolute Gasteiger partial charge is 0.491 e. The lowest BCUT2D eigenvalue weighted by molar-refractivity contribution is -0.150. The number of para-hydroxylation sites is 1. The molecule has 1 aromatic carbocycles. The molecule has 0 aliphatic carbocycles. The molecule has 2 aliphatic heterocycles. The van der Waals surface area contributed by atoms with E-state index in [4.69, 9.17) is 9.47 Å². The van der Waals surface area contributed by atoms with Crippen LogP contribution in [-0.2, 0) is 22.6 Å². The highest BCUT2D eigenvalue weighted by Gasteiger charge is 2.38. The van der Waals surface area contributed by atoms with E-state index in [0.717, 1.165) is 44.8 Å². The lowest BCUT2D eigenvalue weighted by Crippen LogP contribution is -2.57. The van der Waals surface area contributed by atoms with Crippen molar-refractivity contribution < 1.29 is 14.3 Å². The fourth-order valence-electron chi connectivity index (χ4n) is 3.72. The van der Waals surface area contributed by atoms with Crippen LogP contribution in [0.4, 0.5) is 0 Å². The van der Waals surface area contributed by atoms with E-state index in [-0.39, 0.29) is 18.1 Å². The summed E-state index contributed by atoms with van der Waals surface area (Å²) in [6.07, 6.45) is 7.40. The van der Waals surface area contributed by atoms with Crippen molar-refractivity contribution in [2.24, 2.45) is 0 Å². The zero-order valence-electron chi connectivity index (χ0n) is 15.5. The van der Waals surface area contributed by atoms with Crippen LogP contribution in [0, 0.1) is 0 Å². The first-order valence-electron chi connectivity index (χ1n) is 9.52. The van der Waals surface area contributed by atoms with Gasteiger partial charge in [-0.25, -0.2) is 4.98 Å². The molecule has 2 saturated heterocycles. The quantitative estimate of drug-likeness (QED) is 0.833. The topological polar surface area (TPSA) is 68.6 Å². The van der Waals surface area contributed by atoms with Crippen molar-refractivity contribution in [3.63, 3.8) is 0 Å². The molecule has 4 rings (SSSR count). The molecule has 0 saturated carbocycles. The molecule has 7 nitrogen and oxygen atoms in total. The molecule has 0 unspecified atom stereocenters. The zero-order valence-corrected chi connectivity index (χ0v) is 15.5. The van der Waals surface area contributed by atoms with Crippen LogP contribution in [0.25, 0.3) is 0 Å². The monoisotopic (exact) mass is 370 g/mol. The maximum atomic E-state index is 11.3. The van der Waals surface area contributed by atoms with Crippen molar-refractivity contribution in [3.05, 3.63) is 48.5 Å². The summed E-state index contributed by atoms with van der Waals surface area (Å²) in [7, 11) is 0. The molecular formula is C20H26N4O3. The SMILES string of the molecule is O=C1COC2(CCN(Cc3ccccc3OCCn3ccnc3)CC2)CN1. The van der Waals surface area contributed by atoms with E-state index < -0.39 is 0 Å². The number of amides is 1. The van der Waals surface area contributed by atoms with Crippen LogP contribution in [0.3, 0.4) is 0 Å². The standard InChI is InChI=1S/C20H26N4O3/c25-19-14-27-20(15-22-19)5-8-23(9-6-20)13-17-3-1-2-4-18(17)26-12-11-24-10-7-21-16-24/h1-4,7,10,16H,5-6,8-9,11-15H2,(H,22,25). The minimum atomic E-state index is -0.175. The molecule has 1 aromatic heterocycles. The van der Waals surface area contributed by atoms with Crippen molar-refractivity contribution >= 4 is 5.91 Å². The van der Waals surface area contributed by atoms with Crippen LogP contribution in [0.5, 0.6) is 5.75 Å². The normalized spacial score (nSPS) is 19.8. The predicted molar refractivity (Wildman–Crippen MR) is 100 cm³/mol. The molecular weight excluding hydrogens is 344 g/mol. The predicted octanol–water partition coefficient (Wildman–Crippen LogP) is 1.44. The van der Waals surface area contributed by atoms with E-state index in [9.17, 15) is 4.79 Å².